The van der Waals surface area contributed by atoms with Crippen LogP contribution < -0.4 is 11.1 Å². The highest BCUT2D eigenvalue weighted by Gasteiger charge is 1.99. The lowest BCUT2D eigenvalue weighted by atomic mass is 10.4. The molecule has 11 heavy (non-hydrogen) atoms. The van der Waals surface area contributed by atoms with Crippen LogP contribution >= 0.6 is 11.6 Å². The first-order valence-electron chi connectivity index (χ1n) is 3.26. The Bertz CT molecular complexity index is 250. The molecular formula is C6H9ClN4. The summed E-state index contributed by atoms with van der Waals surface area (Å²) in [4.78, 5) is 0. The van der Waals surface area contributed by atoms with Crippen molar-refractivity contribution in [2.45, 2.75) is 6.92 Å². The Morgan fingerprint density at radius 2 is 2.36 bits per heavy atom. The normalized spacial score (nSPS) is 9.64. The van der Waals surface area contributed by atoms with E-state index in [0.717, 1.165) is 6.54 Å². The largest absolute Gasteiger partial charge is 0.396 e. The van der Waals surface area contributed by atoms with E-state index in [2.05, 4.69) is 15.5 Å². The third-order valence-corrected chi connectivity index (χ3v) is 1.32. The Balaban J connectivity index is 2.90. The molecule has 0 aliphatic rings. The summed E-state index contributed by atoms with van der Waals surface area (Å²) in [6, 6.07) is 1.56. The number of hydrogen-bond donors (Lipinski definition) is 2. The number of nitrogen functional groups attached to an aromatic ring is 1. The first-order chi connectivity index (χ1) is 5.24. The zero-order chi connectivity index (χ0) is 8.27. The van der Waals surface area contributed by atoms with Crippen molar-refractivity contribution < 1.29 is 0 Å². The van der Waals surface area contributed by atoms with Gasteiger partial charge in [-0.05, 0) is 6.92 Å². The quantitative estimate of drug-likeness (QED) is 0.703. The molecule has 0 atom stereocenters. The van der Waals surface area contributed by atoms with Gasteiger partial charge in [0.15, 0.2) is 11.0 Å². The number of rotatable bonds is 2. The van der Waals surface area contributed by atoms with Crippen molar-refractivity contribution in [2.75, 3.05) is 17.6 Å². The molecule has 1 aromatic rings. The second kappa shape index (κ2) is 3.39. The highest BCUT2D eigenvalue weighted by Crippen LogP contribution is 2.16. The molecule has 0 aromatic carbocycles. The summed E-state index contributed by atoms with van der Waals surface area (Å²) in [6.45, 7) is 2.72. The molecular weight excluding hydrogens is 164 g/mol. The van der Waals surface area contributed by atoms with Gasteiger partial charge in [-0.15, -0.1) is 10.2 Å². The first kappa shape index (κ1) is 8.07. The van der Waals surface area contributed by atoms with Gasteiger partial charge in [-0.1, -0.05) is 11.6 Å². The van der Waals surface area contributed by atoms with Crippen LogP contribution in [0, 0.1) is 0 Å². The van der Waals surface area contributed by atoms with Gasteiger partial charge in [0.1, 0.15) is 0 Å². The summed E-state index contributed by atoms with van der Waals surface area (Å²) < 4.78 is 0. The topological polar surface area (TPSA) is 63.8 Å². The third kappa shape index (κ3) is 1.94. The summed E-state index contributed by atoms with van der Waals surface area (Å²) in [5, 5.41) is 10.6. The molecule has 0 bridgehead atoms. The standard InChI is InChI=1S/C6H9ClN4/c1-2-9-6-4(8)3-5(7)10-11-6/h3H,2H2,1H3,(H2,8,10)(H,9,11). The fraction of sp³-hybridized carbons (Fsp3) is 0.333. The zero-order valence-electron chi connectivity index (χ0n) is 6.13. The number of hydrogen-bond acceptors (Lipinski definition) is 4. The molecule has 0 fully saturated rings. The van der Waals surface area contributed by atoms with E-state index in [0.29, 0.717) is 16.7 Å². The van der Waals surface area contributed by atoms with Crippen LogP contribution in [-0.2, 0) is 0 Å². The van der Waals surface area contributed by atoms with Crippen molar-refractivity contribution in [3.8, 4) is 0 Å². The zero-order valence-corrected chi connectivity index (χ0v) is 6.89. The van der Waals surface area contributed by atoms with Gasteiger partial charge < -0.3 is 11.1 Å². The first-order valence-corrected chi connectivity index (χ1v) is 3.64. The third-order valence-electron chi connectivity index (χ3n) is 1.14. The maximum atomic E-state index is 5.56. The minimum atomic E-state index is 0.309. The van der Waals surface area contributed by atoms with Gasteiger partial charge in [0.05, 0.1) is 5.69 Å². The monoisotopic (exact) mass is 172 g/mol. The van der Waals surface area contributed by atoms with E-state index < -0.39 is 0 Å². The Morgan fingerprint density at radius 3 is 2.91 bits per heavy atom. The second-order valence-electron chi connectivity index (χ2n) is 2.00. The van der Waals surface area contributed by atoms with Gasteiger partial charge in [0, 0.05) is 12.6 Å². The predicted octanol–water partition coefficient (Wildman–Crippen LogP) is 1.14. The molecule has 0 spiro atoms. The van der Waals surface area contributed by atoms with Crippen LogP contribution in [0.3, 0.4) is 0 Å². The molecule has 1 aromatic heterocycles. The number of nitrogens with one attached hydrogen (secondary N) is 1. The summed E-state index contributed by atoms with van der Waals surface area (Å²) in [7, 11) is 0. The molecule has 0 aliphatic heterocycles. The molecule has 60 valence electrons. The molecule has 5 heteroatoms. The second-order valence-corrected chi connectivity index (χ2v) is 2.39. The van der Waals surface area contributed by atoms with E-state index in [4.69, 9.17) is 17.3 Å². The van der Waals surface area contributed by atoms with Crippen molar-refractivity contribution in [3.63, 3.8) is 0 Å². The molecule has 1 heterocycles. The van der Waals surface area contributed by atoms with Gasteiger partial charge in [-0.25, -0.2) is 0 Å². The maximum absolute atomic E-state index is 5.56. The van der Waals surface area contributed by atoms with E-state index in [1.165, 1.54) is 0 Å². The fourth-order valence-corrected chi connectivity index (χ4v) is 0.841. The average molecular weight is 173 g/mol. The van der Waals surface area contributed by atoms with Crippen LogP contribution in [0.2, 0.25) is 5.15 Å². The summed E-state index contributed by atoms with van der Waals surface area (Å²) in [6.07, 6.45) is 0. The van der Waals surface area contributed by atoms with Crippen LogP contribution in [0.5, 0.6) is 0 Å². The van der Waals surface area contributed by atoms with Crippen LogP contribution in [-0.4, -0.2) is 16.7 Å². The Kier molecular flexibility index (Phi) is 2.48. The molecule has 4 nitrogen and oxygen atoms in total. The molecule has 0 unspecified atom stereocenters. The molecule has 0 aliphatic carbocycles. The van der Waals surface area contributed by atoms with Gasteiger partial charge >= 0.3 is 0 Å². The molecule has 3 N–H and O–H groups in total. The van der Waals surface area contributed by atoms with Crippen LogP contribution in [0.4, 0.5) is 11.5 Å². The van der Waals surface area contributed by atoms with Crippen molar-refractivity contribution >= 4 is 23.1 Å². The van der Waals surface area contributed by atoms with Gasteiger partial charge in [-0.3, -0.25) is 0 Å². The molecule has 0 saturated heterocycles. The summed E-state index contributed by atoms with van der Waals surface area (Å²) in [5.74, 6) is 0.580. The number of anilines is 2. The lowest BCUT2D eigenvalue weighted by molar-refractivity contribution is 1.02. The summed E-state index contributed by atoms with van der Waals surface area (Å²) in [5.41, 5.74) is 6.08. The minimum Gasteiger partial charge on any atom is -0.396 e. The highest BCUT2D eigenvalue weighted by molar-refractivity contribution is 6.29. The van der Waals surface area contributed by atoms with Crippen molar-refractivity contribution in [3.05, 3.63) is 11.2 Å². The smallest absolute Gasteiger partial charge is 0.171 e. The fourth-order valence-electron chi connectivity index (χ4n) is 0.686. The van der Waals surface area contributed by atoms with E-state index in [9.17, 15) is 0 Å². The highest BCUT2D eigenvalue weighted by atomic mass is 35.5. The van der Waals surface area contributed by atoms with Crippen LogP contribution in [0.25, 0.3) is 0 Å². The Morgan fingerprint density at radius 1 is 1.64 bits per heavy atom. The van der Waals surface area contributed by atoms with Gasteiger partial charge in [0.25, 0.3) is 0 Å². The number of halogens is 1. The summed E-state index contributed by atoms with van der Waals surface area (Å²) >= 11 is 5.54. The van der Waals surface area contributed by atoms with Gasteiger partial charge in [-0.2, -0.15) is 0 Å². The van der Waals surface area contributed by atoms with E-state index in [1.54, 1.807) is 6.07 Å². The molecule has 0 saturated carbocycles. The predicted molar refractivity (Wildman–Crippen MR) is 45.6 cm³/mol. The minimum absolute atomic E-state index is 0.309. The molecule has 0 radical (unpaired) electrons. The van der Waals surface area contributed by atoms with Gasteiger partial charge in [0.2, 0.25) is 0 Å². The van der Waals surface area contributed by atoms with E-state index in [-0.39, 0.29) is 0 Å². The molecule has 1 rings (SSSR count). The van der Waals surface area contributed by atoms with Crippen molar-refractivity contribution in [2.24, 2.45) is 0 Å². The lowest BCUT2D eigenvalue weighted by Gasteiger charge is -2.03. The van der Waals surface area contributed by atoms with Crippen LogP contribution in [0.1, 0.15) is 6.92 Å². The average Bonchev–Trinajstić information content (AvgIpc) is 1.95. The Hall–Kier alpha value is -1.03. The molecule has 0 amide bonds. The number of aromatic nitrogens is 2. The van der Waals surface area contributed by atoms with Crippen molar-refractivity contribution in [1.82, 2.24) is 10.2 Å². The van der Waals surface area contributed by atoms with Crippen molar-refractivity contribution in [1.29, 1.82) is 0 Å². The number of nitrogens with two attached hydrogens (primary N) is 1. The van der Waals surface area contributed by atoms with E-state index >= 15 is 0 Å². The van der Waals surface area contributed by atoms with Crippen LogP contribution in [0.15, 0.2) is 6.07 Å². The number of nitrogens with zero attached hydrogens (tertiary/aromatic N) is 2. The Labute approximate surface area is 69.8 Å². The SMILES string of the molecule is CCNc1nnc(Cl)cc1N. The lowest BCUT2D eigenvalue weighted by Crippen LogP contribution is -2.04. The maximum Gasteiger partial charge on any atom is 0.171 e. The van der Waals surface area contributed by atoms with E-state index in [1.807, 2.05) is 6.92 Å².